The zero-order chi connectivity index (χ0) is 33.9. The van der Waals surface area contributed by atoms with Crippen LogP contribution >= 0.6 is 0 Å². The molecule has 238 valence electrons. The molecule has 0 radical (unpaired) electrons. The highest BCUT2D eigenvalue weighted by atomic mass is 15.0. The Kier molecular flexibility index (Phi) is 5.50. The summed E-state index contributed by atoms with van der Waals surface area (Å²) in [5, 5.41) is 19.5. The van der Waals surface area contributed by atoms with Crippen LogP contribution in [0, 0.1) is 0 Å². The Morgan fingerprint density at radius 2 is 1.00 bits per heavy atom. The lowest BCUT2D eigenvalue weighted by atomic mass is 9.91. The molecule has 0 N–H and O–H groups in total. The van der Waals surface area contributed by atoms with E-state index in [0.29, 0.717) is 0 Å². The Bertz CT molecular complexity index is 3520. The van der Waals surface area contributed by atoms with Crippen LogP contribution in [0.4, 0.5) is 0 Å². The van der Waals surface area contributed by atoms with Gasteiger partial charge in [-0.3, -0.25) is 4.98 Å². The minimum absolute atomic E-state index is 0.967. The summed E-state index contributed by atoms with van der Waals surface area (Å²) in [6.45, 7) is 0. The van der Waals surface area contributed by atoms with Crippen molar-refractivity contribution in [2.24, 2.45) is 0 Å². The first-order valence-electron chi connectivity index (χ1n) is 17.8. The van der Waals surface area contributed by atoms with Crippen molar-refractivity contribution in [1.29, 1.82) is 0 Å². The van der Waals surface area contributed by atoms with Gasteiger partial charge in [0.15, 0.2) is 6.20 Å². The highest BCUT2D eigenvalue weighted by Gasteiger charge is 2.22. The van der Waals surface area contributed by atoms with Gasteiger partial charge in [0.05, 0.1) is 27.3 Å². The average Bonchev–Trinajstić information content (AvgIpc) is 3.21. The Labute approximate surface area is 297 Å². The molecule has 0 aliphatic heterocycles. The van der Waals surface area contributed by atoms with E-state index in [2.05, 4.69) is 162 Å². The minimum atomic E-state index is 0.967. The molecular weight excluding hydrogens is 631 g/mol. The van der Waals surface area contributed by atoms with Crippen molar-refractivity contribution >= 4 is 108 Å². The second kappa shape index (κ2) is 10.3. The molecule has 3 aromatic heterocycles. The average molecular weight is 659 g/mol. The molecule has 3 nitrogen and oxygen atoms in total. The molecule has 9 aromatic carbocycles. The number of nitrogens with zero attached hydrogens (tertiary/aromatic N) is 3. The number of benzene rings is 9. The summed E-state index contributed by atoms with van der Waals surface area (Å²) in [6, 6.07) is 57.6. The van der Waals surface area contributed by atoms with E-state index in [4.69, 9.17) is 9.97 Å². The van der Waals surface area contributed by atoms with Gasteiger partial charge in [0.2, 0.25) is 11.2 Å². The lowest BCUT2D eigenvalue weighted by molar-refractivity contribution is -0.566. The molecule has 0 aliphatic rings. The molecule has 3 heteroatoms. The molecule has 52 heavy (non-hydrogen) atoms. The van der Waals surface area contributed by atoms with Crippen LogP contribution in [0.25, 0.3) is 114 Å². The van der Waals surface area contributed by atoms with Gasteiger partial charge in [0, 0.05) is 56.7 Å². The fourth-order valence-corrected chi connectivity index (χ4v) is 8.92. The number of rotatable bonds is 1. The lowest BCUT2D eigenvalue weighted by Crippen LogP contribution is -2.31. The zero-order valence-electron chi connectivity index (χ0n) is 28.0. The smallest absolute Gasteiger partial charge is 0.226 e. The van der Waals surface area contributed by atoms with Crippen molar-refractivity contribution < 1.29 is 4.57 Å². The van der Waals surface area contributed by atoms with E-state index in [9.17, 15) is 0 Å². The lowest BCUT2D eigenvalue weighted by Gasteiger charge is -2.14. The van der Waals surface area contributed by atoms with Crippen molar-refractivity contribution in [3.05, 3.63) is 170 Å². The Morgan fingerprint density at radius 1 is 0.365 bits per heavy atom. The number of pyridine rings is 3. The molecule has 0 unspecified atom stereocenters. The fourth-order valence-electron chi connectivity index (χ4n) is 8.92. The summed E-state index contributed by atoms with van der Waals surface area (Å²) >= 11 is 0. The molecule has 12 aromatic rings. The Hall–Kier alpha value is -6.97. The van der Waals surface area contributed by atoms with Gasteiger partial charge in [-0.05, 0) is 91.6 Å². The van der Waals surface area contributed by atoms with E-state index >= 15 is 0 Å². The Morgan fingerprint density at radius 3 is 1.79 bits per heavy atom. The van der Waals surface area contributed by atoms with Crippen molar-refractivity contribution in [3.8, 4) is 5.69 Å². The van der Waals surface area contributed by atoms with E-state index < -0.39 is 0 Å². The molecular formula is C49H28N3+. The normalized spacial score (nSPS) is 12.2. The third-order valence-electron chi connectivity index (χ3n) is 11.2. The van der Waals surface area contributed by atoms with Gasteiger partial charge >= 0.3 is 0 Å². The van der Waals surface area contributed by atoms with E-state index in [1.54, 1.807) is 0 Å². The van der Waals surface area contributed by atoms with Gasteiger partial charge in [0.1, 0.15) is 0 Å². The maximum absolute atomic E-state index is 5.36. The highest BCUT2D eigenvalue weighted by molar-refractivity contribution is 6.32. The summed E-state index contributed by atoms with van der Waals surface area (Å²) in [7, 11) is 0. The van der Waals surface area contributed by atoms with Crippen molar-refractivity contribution in [2.75, 3.05) is 0 Å². The molecule has 0 amide bonds. The molecule has 0 atom stereocenters. The predicted octanol–water partition coefficient (Wildman–Crippen LogP) is 12.3. The first-order chi connectivity index (χ1) is 25.8. The van der Waals surface area contributed by atoms with Gasteiger partial charge in [0.25, 0.3) is 0 Å². The SMILES string of the molecule is c1ccc2cc3c(cc2c1)c1ccc[n+](-c2ccc4nc5c6cccnc6c6ccc7ccccc7c6c5cc4c2)c1c1ccc2ccccc2c31. The van der Waals surface area contributed by atoms with Gasteiger partial charge in [-0.1, -0.05) is 91.0 Å². The summed E-state index contributed by atoms with van der Waals surface area (Å²) in [6.07, 6.45) is 4.09. The van der Waals surface area contributed by atoms with Crippen molar-refractivity contribution in [3.63, 3.8) is 0 Å². The summed E-state index contributed by atoms with van der Waals surface area (Å²) in [4.78, 5) is 10.2. The van der Waals surface area contributed by atoms with Gasteiger partial charge in [-0.15, -0.1) is 0 Å². The van der Waals surface area contributed by atoms with E-state index in [1.807, 2.05) is 12.3 Å². The van der Waals surface area contributed by atoms with Crippen LogP contribution in [-0.2, 0) is 0 Å². The molecule has 0 bridgehead atoms. The van der Waals surface area contributed by atoms with E-state index in [1.165, 1.54) is 70.2 Å². The quantitative estimate of drug-likeness (QED) is 0.0998. The second-order valence-corrected chi connectivity index (χ2v) is 14.0. The van der Waals surface area contributed by atoms with Gasteiger partial charge in [-0.2, -0.15) is 4.57 Å². The maximum Gasteiger partial charge on any atom is 0.226 e. The fraction of sp³-hybridized carbons (Fsp3) is 0. The van der Waals surface area contributed by atoms with E-state index in [-0.39, 0.29) is 0 Å². The van der Waals surface area contributed by atoms with Crippen LogP contribution in [0.2, 0.25) is 0 Å². The summed E-state index contributed by atoms with van der Waals surface area (Å²) in [5.74, 6) is 0. The van der Waals surface area contributed by atoms with Crippen LogP contribution in [0.3, 0.4) is 0 Å². The number of aromatic nitrogens is 3. The Balaban J connectivity index is 1.21. The maximum atomic E-state index is 5.36. The highest BCUT2D eigenvalue weighted by Crippen LogP contribution is 2.41. The largest absolute Gasteiger partial charge is 0.256 e. The first-order valence-corrected chi connectivity index (χ1v) is 17.8. The predicted molar refractivity (Wildman–Crippen MR) is 219 cm³/mol. The third kappa shape index (κ3) is 3.77. The second-order valence-electron chi connectivity index (χ2n) is 14.0. The van der Waals surface area contributed by atoms with Crippen LogP contribution in [0.15, 0.2) is 170 Å². The number of fused-ring (bicyclic) bond motifs is 18. The van der Waals surface area contributed by atoms with Crippen molar-refractivity contribution in [1.82, 2.24) is 9.97 Å². The molecule has 3 heterocycles. The number of hydrogen-bond acceptors (Lipinski definition) is 2. The summed E-state index contributed by atoms with van der Waals surface area (Å²) in [5.41, 5.74) is 5.25. The third-order valence-corrected chi connectivity index (χ3v) is 11.2. The monoisotopic (exact) mass is 658 g/mol. The van der Waals surface area contributed by atoms with Gasteiger partial charge < -0.3 is 0 Å². The standard InChI is InChI=1S/C49H28N3/c1-2-12-32-27-42-41(26-31(32)11-1)37-16-8-24-52(49(37)39-21-18-30-10-4-6-14-36(30)46(39)42)34-19-22-44-33(25-34)28-43-45-35-13-5-3-9-29(35)17-20-38(45)47-40(48(43)51-44)15-7-23-50-47/h1-28H/q+1. The topological polar surface area (TPSA) is 29.7 Å². The summed E-state index contributed by atoms with van der Waals surface area (Å²) < 4.78 is 2.38. The zero-order valence-corrected chi connectivity index (χ0v) is 28.0. The van der Waals surface area contributed by atoms with Crippen LogP contribution in [0.1, 0.15) is 0 Å². The molecule has 0 fully saturated rings. The molecule has 12 rings (SSSR count). The molecule has 0 saturated heterocycles. The van der Waals surface area contributed by atoms with Crippen LogP contribution < -0.4 is 4.57 Å². The van der Waals surface area contributed by atoms with Crippen molar-refractivity contribution in [2.45, 2.75) is 0 Å². The van der Waals surface area contributed by atoms with Crippen LogP contribution in [0.5, 0.6) is 0 Å². The van der Waals surface area contributed by atoms with Gasteiger partial charge in [-0.25, -0.2) is 4.98 Å². The van der Waals surface area contributed by atoms with Crippen LogP contribution in [-0.4, -0.2) is 9.97 Å². The first kappa shape index (κ1) is 27.8. The number of hydrogen-bond donors (Lipinski definition) is 0. The molecule has 0 aliphatic carbocycles. The van der Waals surface area contributed by atoms with E-state index in [0.717, 1.165) is 43.8 Å². The molecule has 0 saturated carbocycles. The minimum Gasteiger partial charge on any atom is -0.256 e. The molecule has 0 spiro atoms.